The van der Waals surface area contributed by atoms with Crippen molar-refractivity contribution in [1.82, 2.24) is 5.32 Å². The lowest BCUT2D eigenvalue weighted by atomic mass is 10.1. The van der Waals surface area contributed by atoms with Gasteiger partial charge in [-0.15, -0.1) is 0 Å². The van der Waals surface area contributed by atoms with E-state index in [0.29, 0.717) is 29.1 Å². The summed E-state index contributed by atoms with van der Waals surface area (Å²) in [6, 6.07) is 13.7. The minimum absolute atomic E-state index is 0.0819. The van der Waals surface area contributed by atoms with E-state index in [9.17, 15) is 9.59 Å². The Morgan fingerprint density at radius 2 is 1.88 bits per heavy atom. The number of carbonyl (C=O) groups excluding carboxylic acids is 2. The fourth-order valence-corrected chi connectivity index (χ4v) is 2.82. The number of anilines is 1. The molecule has 6 heteroatoms. The minimum Gasteiger partial charge on any atom is -0.497 e. The van der Waals surface area contributed by atoms with Crippen molar-refractivity contribution in [2.24, 2.45) is 0 Å². The SMILES string of the molecule is COc1cccc(NC(=O)c2cccc(C(=O)NCC3CCCO3)c2)c1. The summed E-state index contributed by atoms with van der Waals surface area (Å²) < 4.78 is 10.6. The molecule has 2 amide bonds. The molecule has 0 radical (unpaired) electrons. The van der Waals surface area contributed by atoms with Crippen LogP contribution in [0.4, 0.5) is 5.69 Å². The summed E-state index contributed by atoms with van der Waals surface area (Å²) >= 11 is 0. The van der Waals surface area contributed by atoms with Gasteiger partial charge in [-0.2, -0.15) is 0 Å². The minimum atomic E-state index is -0.285. The molecule has 0 aromatic heterocycles. The van der Waals surface area contributed by atoms with Crippen LogP contribution in [0.5, 0.6) is 5.75 Å². The Morgan fingerprint density at radius 3 is 2.62 bits per heavy atom. The predicted octanol–water partition coefficient (Wildman–Crippen LogP) is 2.86. The molecule has 1 heterocycles. The molecular formula is C20H22N2O4. The average molecular weight is 354 g/mol. The Balaban J connectivity index is 1.63. The van der Waals surface area contributed by atoms with Crippen LogP contribution in [0.15, 0.2) is 48.5 Å². The number of nitrogens with one attached hydrogen (secondary N) is 2. The molecule has 6 nitrogen and oxygen atoms in total. The molecule has 1 aliphatic rings. The van der Waals surface area contributed by atoms with E-state index in [1.165, 1.54) is 0 Å². The van der Waals surface area contributed by atoms with E-state index in [-0.39, 0.29) is 17.9 Å². The number of amides is 2. The number of ether oxygens (including phenoxy) is 2. The highest BCUT2D eigenvalue weighted by atomic mass is 16.5. The molecule has 0 aliphatic carbocycles. The zero-order chi connectivity index (χ0) is 18.4. The second-order valence-electron chi connectivity index (χ2n) is 6.11. The van der Waals surface area contributed by atoms with E-state index < -0.39 is 0 Å². The van der Waals surface area contributed by atoms with Gasteiger partial charge in [-0.1, -0.05) is 12.1 Å². The van der Waals surface area contributed by atoms with Crippen LogP contribution in [0.3, 0.4) is 0 Å². The van der Waals surface area contributed by atoms with Gasteiger partial charge in [0.05, 0.1) is 13.2 Å². The second kappa shape index (κ2) is 8.49. The molecular weight excluding hydrogens is 332 g/mol. The van der Waals surface area contributed by atoms with Crippen molar-refractivity contribution in [1.29, 1.82) is 0 Å². The summed E-state index contributed by atoms with van der Waals surface area (Å²) in [5.74, 6) is 0.161. The highest BCUT2D eigenvalue weighted by Crippen LogP contribution is 2.18. The van der Waals surface area contributed by atoms with Crippen molar-refractivity contribution in [3.63, 3.8) is 0 Å². The molecule has 0 spiro atoms. The summed E-state index contributed by atoms with van der Waals surface area (Å²) in [4.78, 5) is 24.8. The van der Waals surface area contributed by atoms with Crippen molar-refractivity contribution < 1.29 is 19.1 Å². The quantitative estimate of drug-likeness (QED) is 0.836. The van der Waals surface area contributed by atoms with Crippen LogP contribution in [0.2, 0.25) is 0 Å². The van der Waals surface area contributed by atoms with Crippen LogP contribution >= 0.6 is 0 Å². The van der Waals surface area contributed by atoms with Gasteiger partial charge >= 0.3 is 0 Å². The van der Waals surface area contributed by atoms with Crippen LogP contribution < -0.4 is 15.4 Å². The first kappa shape index (κ1) is 17.9. The number of carbonyl (C=O) groups is 2. The standard InChI is InChI=1S/C20H22N2O4/c1-25-17-8-3-7-16(12-17)22-20(24)15-6-2-5-14(11-15)19(23)21-13-18-9-4-10-26-18/h2-3,5-8,11-12,18H,4,9-10,13H2,1H3,(H,21,23)(H,22,24). The molecule has 3 rings (SSSR count). The van der Waals surface area contributed by atoms with Gasteiger partial charge in [-0.25, -0.2) is 0 Å². The number of rotatable bonds is 6. The summed E-state index contributed by atoms with van der Waals surface area (Å²) in [6.07, 6.45) is 2.07. The molecule has 0 bridgehead atoms. The van der Waals surface area contributed by atoms with Gasteiger partial charge in [0.2, 0.25) is 0 Å². The predicted molar refractivity (Wildman–Crippen MR) is 98.7 cm³/mol. The lowest BCUT2D eigenvalue weighted by Crippen LogP contribution is -2.31. The van der Waals surface area contributed by atoms with Crippen molar-refractivity contribution in [3.8, 4) is 5.75 Å². The number of benzene rings is 2. The van der Waals surface area contributed by atoms with E-state index in [2.05, 4.69) is 10.6 Å². The van der Waals surface area contributed by atoms with Gasteiger partial charge in [0.1, 0.15) is 5.75 Å². The van der Waals surface area contributed by atoms with E-state index >= 15 is 0 Å². The van der Waals surface area contributed by atoms with Crippen molar-refractivity contribution in [2.45, 2.75) is 18.9 Å². The van der Waals surface area contributed by atoms with Gasteiger partial charge in [0.25, 0.3) is 11.8 Å². The van der Waals surface area contributed by atoms with Crippen molar-refractivity contribution in [2.75, 3.05) is 25.6 Å². The smallest absolute Gasteiger partial charge is 0.255 e. The van der Waals surface area contributed by atoms with Crippen LogP contribution in [0, 0.1) is 0 Å². The van der Waals surface area contributed by atoms with E-state index in [1.807, 2.05) is 0 Å². The number of methoxy groups -OCH3 is 1. The maximum Gasteiger partial charge on any atom is 0.255 e. The first-order valence-corrected chi connectivity index (χ1v) is 8.61. The van der Waals surface area contributed by atoms with Gasteiger partial charge in [-0.05, 0) is 43.2 Å². The molecule has 1 unspecified atom stereocenters. The topological polar surface area (TPSA) is 76.7 Å². The Labute approximate surface area is 152 Å². The maximum absolute atomic E-state index is 12.5. The van der Waals surface area contributed by atoms with Crippen LogP contribution in [0.25, 0.3) is 0 Å². The summed E-state index contributed by atoms with van der Waals surface area (Å²) in [5.41, 5.74) is 1.49. The Morgan fingerprint density at radius 1 is 1.12 bits per heavy atom. The zero-order valence-corrected chi connectivity index (χ0v) is 14.7. The molecule has 1 aliphatic heterocycles. The maximum atomic E-state index is 12.5. The van der Waals surface area contributed by atoms with Gasteiger partial charge < -0.3 is 20.1 Å². The number of hydrogen-bond donors (Lipinski definition) is 2. The van der Waals surface area contributed by atoms with Crippen molar-refractivity contribution >= 4 is 17.5 Å². The Hall–Kier alpha value is -2.86. The van der Waals surface area contributed by atoms with E-state index in [0.717, 1.165) is 19.4 Å². The summed E-state index contributed by atoms with van der Waals surface area (Å²) in [7, 11) is 1.57. The van der Waals surface area contributed by atoms with E-state index in [1.54, 1.807) is 55.6 Å². The molecule has 26 heavy (non-hydrogen) atoms. The Bertz CT molecular complexity index is 785. The first-order chi connectivity index (χ1) is 12.7. The monoisotopic (exact) mass is 354 g/mol. The van der Waals surface area contributed by atoms with Crippen LogP contribution in [-0.2, 0) is 4.74 Å². The molecule has 0 saturated carbocycles. The summed E-state index contributed by atoms with van der Waals surface area (Å²) in [6.45, 7) is 1.24. The Kier molecular flexibility index (Phi) is 5.86. The van der Waals surface area contributed by atoms with Crippen LogP contribution in [0.1, 0.15) is 33.6 Å². The normalized spacial score (nSPS) is 16.1. The highest BCUT2D eigenvalue weighted by Gasteiger charge is 2.17. The molecule has 2 aromatic rings. The lowest BCUT2D eigenvalue weighted by Gasteiger charge is -2.11. The molecule has 2 aromatic carbocycles. The van der Waals surface area contributed by atoms with Gasteiger partial charge in [0, 0.05) is 36.0 Å². The molecule has 136 valence electrons. The average Bonchev–Trinajstić information content (AvgIpc) is 3.20. The molecule has 1 atom stereocenters. The highest BCUT2D eigenvalue weighted by molar-refractivity contribution is 6.06. The van der Waals surface area contributed by atoms with E-state index in [4.69, 9.17) is 9.47 Å². The molecule has 1 fully saturated rings. The zero-order valence-electron chi connectivity index (χ0n) is 14.7. The second-order valence-corrected chi connectivity index (χ2v) is 6.11. The lowest BCUT2D eigenvalue weighted by molar-refractivity contribution is 0.0858. The summed E-state index contributed by atoms with van der Waals surface area (Å²) in [5, 5.41) is 5.66. The third-order valence-corrected chi connectivity index (χ3v) is 4.23. The number of hydrogen-bond acceptors (Lipinski definition) is 4. The van der Waals surface area contributed by atoms with Gasteiger partial charge in [-0.3, -0.25) is 9.59 Å². The van der Waals surface area contributed by atoms with Gasteiger partial charge in [0.15, 0.2) is 0 Å². The third kappa shape index (κ3) is 4.61. The van der Waals surface area contributed by atoms with Crippen molar-refractivity contribution in [3.05, 3.63) is 59.7 Å². The molecule has 1 saturated heterocycles. The molecule has 2 N–H and O–H groups in total. The van der Waals surface area contributed by atoms with Crippen LogP contribution in [-0.4, -0.2) is 38.2 Å². The third-order valence-electron chi connectivity index (χ3n) is 4.23. The first-order valence-electron chi connectivity index (χ1n) is 8.61. The fourth-order valence-electron chi connectivity index (χ4n) is 2.82. The largest absolute Gasteiger partial charge is 0.497 e. The fraction of sp³-hybridized carbons (Fsp3) is 0.300.